The third-order valence-electron chi connectivity index (χ3n) is 2.10. The van der Waals surface area contributed by atoms with E-state index in [2.05, 4.69) is 0 Å². The Balaban J connectivity index is 2.55. The number of fused-ring (bicyclic) bond motifs is 1. The zero-order valence-electron chi connectivity index (χ0n) is 7.01. The molecule has 2 rings (SSSR count). The fraction of sp³-hybridized carbons (Fsp3) is 0.143. The van der Waals surface area contributed by atoms with Gasteiger partial charge in [-0.25, -0.2) is 0 Å². The molecule has 1 aromatic carbocycles. The van der Waals surface area contributed by atoms with Crippen LogP contribution in [0.25, 0.3) is 0 Å². The number of benzene rings is 1. The molecule has 1 aromatic rings. The highest BCUT2D eigenvalue weighted by Crippen LogP contribution is 2.27. The molecular weight excluding hydrogens is 189 g/mol. The van der Waals surface area contributed by atoms with Crippen molar-refractivity contribution in [3.63, 3.8) is 0 Å². The summed E-state index contributed by atoms with van der Waals surface area (Å²) in [6.07, 6.45) is 0. The van der Waals surface area contributed by atoms with E-state index in [1.165, 1.54) is 6.07 Å². The van der Waals surface area contributed by atoms with Crippen LogP contribution in [-0.2, 0) is 11.3 Å². The normalized spacial score (nSPS) is 14.2. The molecule has 0 atom stereocenters. The van der Waals surface area contributed by atoms with Gasteiger partial charge in [0.05, 0.1) is 11.5 Å². The summed E-state index contributed by atoms with van der Waals surface area (Å²) in [5.41, 5.74) is 0.538. The number of phenols is 1. The Morgan fingerprint density at radius 3 is 2.93 bits per heavy atom. The van der Waals surface area contributed by atoms with Gasteiger partial charge in [-0.1, -0.05) is 0 Å². The van der Waals surface area contributed by atoms with E-state index in [1.54, 1.807) is 0 Å². The Labute approximate surface area is 79.0 Å². The quantitative estimate of drug-likeness (QED) is 0.358. The molecule has 2 N–H and O–H groups in total. The largest absolute Gasteiger partial charge is 0.502 e. The van der Waals surface area contributed by atoms with Crippen LogP contribution >= 0.6 is 0 Å². The zero-order valence-corrected chi connectivity index (χ0v) is 7.01. The standard InChI is InChI=1S/C7H6BNO5/c10-7-2-5-4(3-14-8(5)11)1-6(7)9(12)13/h1-2,10-11H,3H2. The first-order valence-corrected chi connectivity index (χ1v) is 3.89. The van der Waals surface area contributed by atoms with E-state index < -0.39 is 17.8 Å². The Morgan fingerprint density at radius 2 is 2.29 bits per heavy atom. The maximum absolute atomic E-state index is 10.4. The number of nitrogens with zero attached hydrogens (tertiary/aromatic N) is 1. The summed E-state index contributed by atoms with van der Waals surface area (Å²) in [6.45, 7) is 0.123. The summed E-state index contributed by atoms with van der Waals surface area (Å²) in [7, 11) is -1.10. The Morgan fingerprint density at radius 1 is 1.57 bits per heavy atom. The first kappa shape index (κ1) is 8.98. The van der Waals surface area contributed by atoms with Crippen LogP contribution in [0.4, 0.5) is 5.69 Å². The van der Waals surface area contributed by atoms with Crippen LogP contribution in [0.5, 0.6) is 5.75 Å². The SMILES string of the molecule is O=[N+]([O-])c1cc2c(cc1O)B(O)OC2. The fourth-order valence-corrected chi connectivity index (χ4v) is 1.40. The van der Waals surface area contributed by atoms with Gasteiger partial charge in [0.15, 0.2) is 5.75 Å². The van der Waals surface area contributed by atoms with Crippen LogP contribution in [0.2, 0.25) is 0 Å². The second kappa shape index (κ2) is 2.97. The molecular formula is C7H6BNO5. The van der Waals surface area contributed by atoms with E-state index in [0.717, 1.165) is 6.07 Å². The topological polar surface area (TPSA) is 92.8 Å². The molecule has 0 spiro atoms. The highest BCUT2D eigenvalue weighted by molar-refractivity contribution is 6.61. The lowest BCUT2D eigenvalue weighted by molar-refractivity contribution is -0.385. The van der Waals surface area contributed by atoms with Crippen LogP contribution in [0.15, 0.2) is 12.1 Å². The number of hydrogen-bond acceptors (Lipinski definition) is 5. The molecule has 0 saturated carbocycles. The minimum absolute atomic E-state index is 0.123. The Kier molecular flexibility index (Phi) is 1.90. The molecule has 6 nitrogen and oxygen atoms in total. The molecule has 0 amide bonds. The summed E-state index contributed by atoms with van der Waals surface area (Å²) in [5, 5.41) is 28.9. The van der Waals surface area contributed by atoms with Gasteiger partial charge in [-0.05, 0) is 17.1 Å². The van der Waals surface area contributed by atoms with Gasteiger partial charge in [0.2, 0.25) is 0 Å². The van der Waals surface area contributed by atoms with Gasteiger partial charge in [-0.3, -0.25) is 10.1 Å². The summed E-state index contributed by atoms with van der Waals surface area (Å²) in [6, 6.07) is 2.37. The van der Waals surface area contributed by atoms with Crippen molar-refractivity contribution in [2.24, 2.45) is 0 Å². The lowest BCUT2D eigenvalue weighted by Crippen LogP contribution is -2.27. The molecule has 14 heavy (non-hydrogen) atoms. The number of nitro groups is 1. The lowest BCUT2D eigenvalue weighted by Gasteiger charge is -2.00. The summed E-state index contributed by atoms with van der Waals surface area (Å²) in [5.74, 6) is -0.460. The van der Waals surface area contributed by atoms with Crippen LogP contribution in [0, 0.1) is 10.1 Å². The van der Waals surface area contributed by atoms with Crippen molar-refractivity contribution in [3.05, 3.63) is 27.8 Å². The van der Waals surface area contributed by atoms with Crippen LogP contribution in [0.1, 0.15) is 5.56 Å². The van der Waals surface area contributed by atoms with Gasteiger partial charge in [-0.15, -0.1) is 0 Å². The van der Waals surface area contributed by atoms with Gasteiger partial charge in [0, 0.05) is 6.07 Å². The van der Waals surface area contributed by atoms with Crippen molar-refractivity contribution in [1.29, 1.82) is 0 Å². The van der Waals surface area contributed by atoms with E-state index in [0.29, 0.717) is 11.0 Å². The second-order valence-corrected chi connectivity index (χ2v) is 2.96. The maximum atomic E-state index is 10.4. The van der Waals surface area contributed by atoms with E-state index >= 15 is 0 Å². The highest BCUT2D eigenvalue weighted by atomic mass is 16.6. The number of nitro benzene ring substituents is 1. The summed E-state index contributed by atoms with van der Waals surface area (Å²) < 4.78 is 4.83. The van der Waals surface area contributed by atoms with Gasteiger partial charge in [0.1, 0.15) is 0 Å². The van der Waals surface area contributed by atoms with Crippen LogP contribution < -0.4 is 5.46 Å². The molecule has 1 aliphatic heterocycles. The fourth-order valence-electron chi connectivity index (χ4n) is 1.40. The van der Waals surface area contributed by atoms with Crippen molar-refractivity contribution >= 4 is 18.3 Å². The first-order chi connectivity index (χ1) is 6.59. The molecule has 1 aliphatic rings. The van der Waals surface area contributed by atoms with Gasteiger partial charge in [0.25, 0.3) is 0 Å². The molecule has 0 aromatic heterocycles. The van der Waals surface area contributed by atoms with Crippen molar-refractivity contribution in [3.8, 4) is 5.75 Å². The zero-order chi connectivity index (χ0) is 10.3. The van der Waals surface area contributed by atoms with E-state index in [4.69, 9.17) is 4.65 Å². The average Bonchev–Trinajstić information content (AvgIpc) is 2.46. The third kappa shape index (κ3) is 1.23. The molecule has 0 unspecified atom stereocenters. The molecule has 0 aliphatic carbocycles. The molecule has 0 radical (unpaired) electrons. The van der Waals surface area contributed by atoms with Crippen molar-refractivity contribution in [1.82, 2.24) is 0 Å². The molecule has 0 saturated heterocycles. The van der Waals surface area contributed by atoms with Gasteiger partial charge < -0.3 is 14.8 Å². The molecule has 7 heteroatoms. The van der Waals surface area contributed by atoms with E-state index in [-0.39, 0.29) is 12.3 Å². The number of phenolic OH excluding ortho intramolecular Hbond substituents is 1. The predicted molar refractivity (Wildman–Crippen MR) is 47.2 cm³/mol. The van der Waals surface area contributed by atoms with Crippen LogP contribution in [0.3, 0.4) is 0 Å². The molecule has 0 fully saturated rings. The smallest absolute Gasteiger partial charge is 0.491 e. The number of rotatable bonds is 1. The Hall–Kier alpha value is -1.60. The maximum Gasteiger partial charge on any atom is 0.491 e. The van der Waals surface area contributed by atoms with E-state index in [9.17, 15) is 20.2 Å². The monoisotopic (exact) mass is 195 g/mol. The molecule has 1 heterocycles. The minimum atomic E-state index is -1.10. The van der Waals surface area contributed by atoms with Crippen molar-refractivity contribution in [2.45, 2.75) is 6.61 Å². The van der Waals surface area contributed by atoms with Gasteiger partial charge >= 0.3 is 12.8 Å². The minimum Gasteiger partial charge on any atom is -0.502 e. The Bertz CT molecular complexity index is 407. The third-order valence-corrected chi connectivity index (χ3v) is 2.10. The first-order valence-electron chi connectivity index (χ1n) is 3.89. The summed E-state index contributed by atoms with van der Waals surface area (Å²) in [4.78, 5) is 9.77. The van der Waals surface area contributed by atoms with Crippen LogP contribution in [-0.4, -0.2) is 22.2 Å². The molecule has 72 valence electrons. The lowest BCUT2D eigenvalue weighted by atomic mass is 9.79. The number of hydrogen-bond donors (Lipinski definition) is 2. The average molecular weight is 195 g/mol. The number of aromatic hydroxyl groups is 1. The van der Waals surface area contributed by atoms with Crippen molar-refractivity contribution < 1.29 is 19.7 Å². The van der Waals surface area contributed by atoms with Gasteiger partial charge in [-0.2, -0.15) is 0 Å². The highest BCUT2D eigenvalue weighted by Gasteiger charge is 2.30. The second-order valence-electron chi connectivity index (χ2n) is 2.96. The molecule has 0 bridgehead atoms. The summed E-state index contributed by atoms with van der Waals surface area (Å²) >= 11 is 0. The predicted octanol–water partition coefficient (Wildman–Crippen LogP) is -0.482. The van der Waals surface area contributed by atoms with Crippen molar-refractivity contribution in [2.75, 3.05) is 0 Å². The van der Waals surface area contributed by atoms with E-state index in [1.807, 2.05) is 0 Å².